The molecule has 0 atom stereocenters. The van der Waals surface area contributed by atoms with Crippen molar-refractivity contribution >= 4 is 33.3 Å². The highest BCUT2D eigenvalue weighted by Crippen LogP contribution is 2.24. The largest absolute Gasteiger partial charge is 0.422 e. The zero-order valence-electron chi connectivity index (χ0n) is 12.8. The van der Waals surface area contributed by atoms with Gasteiger partial charge < -0.3 is 4.42 Å². The highest BCUT2D eigenvalue weighted by molar-refractivity contribution is 7.14. The average Bonchev–Trinajstić information content (AvgIpc) is 3.10. The van der Waals surface area contributed by atoms with E-state index in [9.17, 15) is 9.59 Å². The summed E-state index contributed by atoms with van der Waals surface area (Å²) in [5.74, 6) is -0.549. The fraction of sp³-hybridized carbons (Fsp3) is 0. The van der Waals surface area contributed by atoms with E-state index in [1.807, 2.05) is 23.6 Å². The van der Waals surface area contributed by atoms with Gasteiger partial charge in [-0.2, -0.15) is 0 Å². The molecule has 0 aliphatic heterocycles. The lowest BCUT2D eigenvalue weighted by Gasteiger charge is -2.02. The Bertz CT molecular complexity index is 1120. The number of hydrogen-bond acceptors (Lipinski definition) is 6. The molecule has 0 aliphatic rings. The highest BCUT2D eigenvalue weighted by Gasteiger charge is 2.15. The minimum Gasteiger partial charge on any atom is -0.422 e. The summed E-state index contributed by atoms with van der Waals surface area (Å²) in [5.41, 5.74) is 1.26. The predicted octanol–water partition coefficient (Wildman–Crippen LogP) is 3.56. The molecule has 0 saturated carbocycles. The molecule has 0 radical (unpaired) electrons. The van der Waals surface area contributed by atoms with Crippen LogP contribution in [0.3, 0.4) is 0 Å². The van der Waals surface area contributed by atoms with Crippen LogP contribution in [0.5, 0.6) is 0 Å². The lowest BCUT2D eigenvalue weighted by Crippen LogP contribution is -2.20. The predicted molar refractivity (Wildman–Crippen MR) is 95.8 cm³/mol. The van der Waals surface area contributed by atoms with E-state index >= 15 is 0 Å². The number of aromatic nitrogens is 2. The second kappa shape index (κ2) is 6.29. The van der Waals surface area contributed by atoms with Crippen molar-refractivity contribution in [1.29, 1.82) is 0 Å². The summed E-state index contributed by atoms with van der Waals surface area (Å²) in [6.07, 6.45) is 3.37. The summed E-state index contributed by atoms with van der Waals surface area (Å²) < 4.78 is 5.18. The summed E-state index contributed by atoms with van der Waals surface area (Å²) in [7, 11) is 0. The molecule has 0 fully saturated rings. The normalized spacial score (nSPS) is 10.7. The number of anilines is 1. The number of pyridine rings is 1. The van der Waals surface area contributed by atoms with Crippen molar-refractivity contribution in [3.63, 3.8) is 0 Å². The smallest absolute Gasteiger partial charge is 0.349 e. The number of amides is 1. The van der Waals surface area contributed by atoms with Crippen molar-refractivity contribution in [3.8, 4) is 11.3 Å². The molecular formula is C18H11N3O3S. The molecule has 25 heavy (non-hydrogen) atoms. The molecule has 122 valence electrons. The first-order valence-electron chi connectivity index (χ1n) is 7.41. The van der Waals surface area contributed by atoms with Crippen LogP contribution in [-0.2, 0) is 0 Å². The van der Waals surface area contributed by atoms with Crippen LogP contribution in [0.2, 0.25) is 0 Å². The highest BCUT2D eigenvalue weighted by atomic mass is 32.1. The molecule has 0 unspecified atom stereocenters. The Hall–Kier alpha value is -3.32. The average molecular weight is 349 g/mol. The van der Waals surface area contributed by atoms with Crippen LogP contribution >= 0.6 is 11.3 Å². The first kappa shape index (κ1) is 15.2. The maximum absolute atomic E-state index is 12.4. The van der Waals surface area contributed by atoms with Crippen LogP contribution in [0.25, 0.3) is 22.2 Å². The van der Waals surface area contributed by atoms with E-state index in [1.165, 1.54) is 17.4 Å². The fourth-order valence-electron chi connectivity index (χ4n) is 2.36. The van der Waals surface area contributed by atoms with E-state index in [1.54, 1.807) is 30.6 Å². The summed E-state index contributed by atoms with van der Waals surface area (Å²) in [6.45, 7) is 0. The number of thiazole rings is 1. The number of para-hydroxylation sites is 1. The van der Waals surface area contributed by atoms with Gasteiger partial charge in [0.25, 0.3) is 5.91 Å². The van der Waals surface area contributed by atoms with Crippen LogP contribution in [0.15, 0.2) is 69.5 Å². The maximum Gasteiger partial charge on any atom is 0.349 e. The van der Waals surface area contributed by atoms with E-state index in [2.05, 4.69) is 15.3 Å². The van der Waals surface area contributed by atoms with Gasteiger partial charge in [-0.05, 0) is 24.3 Å². The molecule has 0 bridgehead atoms. The summed E-state index contributed by atoms with van der Waals surface area (Å²) >= 11 is 1.27. The van der Waals surface area contributed by atoms with Gasteiger partial charge in [0.1, 0.15) is 11.1 Å². The molecule has 1 amide bonds. The third-order valence-electron chi connectivity index (χ3n) is 3.57. The quantitative estimate of drug-likeness (QED) is 0.572. The Morgan fingerprint density at radius 3 is 2.88 bits per heavy atom. The second-order valence-corrected chi connectivity index (χ2v) is 6.08. The number of carbonyl (C=O) groups is 1. The van der Waals surface area contributed by atoms with Crippen molar-refractivity contribution < 1.29 is 9.21 Å². The van der Waals surface area contributed by atoms with Gasteiger partial charge in [-0.25, -0.2) is 9.78 Å². The van der Waals surface area contributed by atoms with Gasteiger partial charge >= 0.3 is 5.63 Å². The number of nitrogens with one attached hydrogen (secondary N) is 1. The van der Waals surface area contributed by atoms with Crippen molar-refractivity contribution in [1.82, 2.24) is 9.97 Å². The molecule has 1 aromatic carbocycles. The van der Waals surface area contributed by atoms with Gasteiger partial charge in [0, 0.05) is 28.7 Å². The number of fused-ring (bicyclic) bond motifs is 1. The van der Waals surface area contributed by atoms with Gasteiger partial charge in [0.2, 0.25) is 0 Å². The Morgan fingerprint density at radius 1 is 1.16 bits per heavy atom. The van der Waals surface area contributed by atoms with Gasteiger partial charge in [0.05, 0.1) is 5.69 Å². The van der Waals surface area contributed by atoms with E-state index < -0.39 is 11.5 Å². The standard InChI is InChI=1S/C18H11N3O3S/c22-16(13-8-11-4-1-2-6-15(11)24-17(13)23)21-18-20-14(10-25-18)12-5-3-7-19-9-12/h1-10H,(H,20,21,22). The zero-order valence-corrected chi connectivity index (χ0v) is 13.6. The molecule has 1 N–H and O–H groups in total. The van der Waals surface area contributed by atoms with E-state index in [-0.39, 0.29) is 5.56 Å². The minimum absolute atomic E-state index is 0.0585. The number of nitrogens with zero attached hydrogens (tertiary/aromatic N) is 2. The van der Waals surface area contributed by atoms with Crippen LogP contribution in [0.4, 0.5) is 5.13 Å². The Balaban J connectivity index is 1.61. The molecule has 3 aromatic heterocycles. The Labute approximate surface area is 145 Å². The lowest BCUT2D eigenvalue weighted by atomic mass is 10.2. The van der Waals surface area contributed by atoms with Crippen LogP contribution in [0, 0.1) is 0 Å². The Kier molecular flexibility index (Phi) is 3.83. The summed E-state index contributed by atoms with van der Waals surface area (Å²) in [5, 5.41) is 5.54. The van der Waals surface area contributed by atoms with Crippen molar-refractivity contribution in [2.45, 2.75) is 0 Å². The molecule has 0 spiro atoms. The molecular weight excluding hydrogens is 338 g/mol. The maximum atomic E-state index is 12.4. The third-order valence-corrected chi connectivity index (χ3v) is 4.33. The molecule has 0 aliphatic carbocycles. The van der Waals surface area contributed by atoms with Gasteiger partial charge in [-0.1, -0.05) is 18.2 Å². The van der Waals surface area contributed by atoms with Gasteiger partial charge in [0.15, 0.2) is 5.13 Å². The molecule has 7 heteroatoms. The third kappa shape index (κ3) is 3.05. The van der Waals surface area contributed by atoms with Crippen molar-refractivity contribution in [3.05, 3.63) is 76.2 Å². The summed E-state index contributed by atoms with van der Waals surface area (Å²) in [6, 6.07) is 12.2. The minimum atomic E-state index is -0.680. The first-order valence-corrected chi connectivity index (χ1v) is 8.29. The molecule has 6 nitrogen and oxygen atoms in total. The van der Waals surface area contributed by atoms with E-state index in [0.29, 0.717) is 21.8 Å². The monoisotopic (exact) mass is 349 g/mol. The Morgan fingerprint density at radius 2 is 2.04 bits per heavy atom. The SMILES string of the molecule is O=C(Nc1nc(-c2cccnc2)cs1)c1cc2ccccc2oc1=O. The first-order chi connectivity index (χ1) is 12.2. The second-order valence-electron chi connectivity index (χ2n) is 5.22. The molecule has 3 heterocycles. The number of carbonyl (C=O) groups excluding carboxylic acids is 1. The summed E-state index contributed by atoms with van der Waals surface area (Å²) in [4.78, 5) is 32.8. The number of rotatable bonds is 3. The molecule has 4 aromatic rings. The van der Waals surface area contributed by atoms with Crippen LogP contribution in [-0.4, -0.2) is 15.9 Å². The van der Waals surface area contributed by atoms with E-state index in [4.69, 9.17) is 4.42 Å². The van der Waals surface area contributed by atoms with Crippen molar-refractivity contribution in [2.75, 3.05) is 5.32 Å². The number of hydrogen-bond donors (Lipinski definition) is 1. The van der Waals surface area contributed by atoms with Gasteiger partial charge in [-0.15, -0.1) is 11.3 Å². The van der Waals surface area contributed by atoms with Crippen LogP contribution < -0.4 is 10.9 Å². The van der Waals surface area contributed by atoms with Gasteiger partial charge in [-0.3, -0.25) is 15.1 Å². The molecule has 0 saturated heterocycles. The number of benzene rings is 1. The van der Waals surface area contributed by atoms with Crippen LogP contribution in [0.1, 0.15) is 10.4 Å². The topological polar surface area (TPSA) is 85.1 Å². The zero-order chi connectivity index (χ0) is 17.2. The fourth-order valence-corrected chi connectivity index (χ4v) is 3.08. The lowest BCUT2D eigenvalue weighted by molar-refractivity contribution is 0.102. The molecule has 4 rings (SSSR count). The van der Waals surface area contributed by atoms with E-state index in [0.717, 1.165) is 5.56 Å². The van der Waals surface area contributed by atoms with Crippen molar-refractivity contribution in [2.24, 2.45) is 0 Å².